The number of carbonyl (C=O) groups excluding carboxylic acids is 1. The van der Waals surface area contributed by atoms with Crippen molar-refractivity contribution < 1.29 is 9.72 Å². The standard InChI is InChI=1S/C8H10N4O3/c9-8(13)7(4-1-2-4)5-3-6(11-10-5)12(14)15/h3-4,7H,1-2H2,(H2,9,13)(H,10,11). The summed E-state index contributed by atoms with van der Waals surface area (Å²) in [5.74, 6) is -0.976. The predicted molar refractivity (Wildman–Crippen MR) is 49.9 cm³/mol. The molecule has 0 saturated heterocycles. The van der Waals surface area contributed by atoms with Gasteiger partial charge in [-0.1, -0.05) is 5.10 Å². The van der Waals surface area contributed by atoms with Crippen LogP contribution in [0.3, 0.4) is 0 Å². The van der Waals surface area contributed by atoms with Crippen LogP contribution < -0.4 is 5.73 Å². The molecule has 0 spiro atoms. The molecule has 1 aromatic heterocycles. The summed E-state index contributed by atoms with van der Waals surface area (Å²) in [7, 11) is 0. The molecule has 1 fully saturated rings. The summed E-state index contributed by atoms with van der Waals surface area (Å²) in [6, 6.07) is 1.27. The average Bonchev–Trinajstić information content (AvgIpc) is 2.81. The van der Waals surface area contributed by atoms with Crippen LogP contribution in [0.2, 0.25) is 0 Å². The zero-order valence-electron chi connectivity index (χ0n) is 7.84. The number of aromatic nitrogens is 2. The molecule has 7 nitrogen and oxygen atoms in total. The summed E-state index contributed by atoms with van der Waals surface area (Å²) < 4.78 is 0. The Hall–Kier alpha value is -1.92. The Morgan fingerprint density at radius 2 is 2.40 bits per heavy atom. The summed E-state index contributed by atoms with van der Waals surface area (Å²) in [6.45, 7) is 0. The molecular weight excluding hydrogens is 200 g/mol. The number of H-pyrrole nitrogens is 1. The van der Waals surface area contributed by atoms with Gasteiger partial charge in [0.15, 0.2) is 0 Å². The van der Waals surface area contributed by atoms with E-state index in [-0.39, 0.29) is 11.7 Å². The van der Waals surface area contributed by atoms with Crippen LogP contribution in [0.1, 0.15) is 24.5 Å². The predicted octanol–water partition coefficient (Wildman–Crippen LogP) is 0.297. The number of amides is 1. The van der Waals surface area contributed by atoms with Crippen molar-refractivity contribution in [2.24, 2.45) is 11.7 Å². The first kappa shape index (κ1) is 9.63. The first-order valence-corrected chi connectivity index (χ1v) is 4.58. The number of aromatic amines is 1. The van der Waals surface area contributed by atoms with E-state index in [1.165, 1.54) is 6.07 Å². The van der Waals surface area contributed by atoms with Crippen LogP contribution in [0, 0.1) is 16.0 Å². The highest BCUT2D eigenvalue weighted by atomic mass is 16.6. The second-order valence-electron chi connectivity index (χ2n) is 3.65. The molecule has 1 unspecified atom stereocenters. The Kier molecular flexibility index (Phi) is 2.14. The first-order chi connectivity index (χ1) is 7.09. The molecule has 1 aliphatic carbocycles. The highest BCUT2D eigenvalue weighted by Crippen LogP contribution is 2.42. The molecule has 80 valence electrons. The molecule has 0 aliphatic heterocycles. The van der Waals surface area contributed by atoms with Crippen molar-refractivity contribution in [2.75, 3.05) is 0 Å². The van der Waals surface area contributed by atoms with Crippen molar-refractivity contribution >= 4 is 11.7 Å². The van der Waals surface area contributed by atoms with Gasteiger partial charge in [0.2, 0.25) is 5.91 Å². The molecule has 1 heterocycles. The summed E-state index contributed by atoms with van der Waals surface area (Å²) >= 11 is 0. The van der Waals surface area contributed by atoms with E-state index < -0.39 is 16.7 Å². The molecule has 0 bridgehead atoms. The number of rotatable bonds is 4. The van der Waals surface area contributed by atoms with Crippen molar-refractivity contribution in [3.8, 4) is 0 Å². The summed E-state index contributed by atoms with van der Waals surface area (Å²) in [6.07, 6.45) is 1.85. The van der Waals surface area contributed by atoms with E-state index in [9.17, 15) is 14.9 Å². The van der Waals surface area contributed by atoms with E-state index >= 15 is 0 Å². The molecule has 1 aromatic rings. The lowest BCUT2D eigenvalue weighted by Gasteiger charge is -2.06. The van der Waals surface area contributed by atoms with Gasteiger partial charge in [0.25, 0.3) is 0 Å². The molecule has 1 aliphatic rings. The molecule has 1 amide bonds. The maximum Gasteiger partial charge on any atom is 0.342 e. The van der Waals surface area contributed by atoms with E-state index in [1.54, 1.807) is 0 Å². The van der Waals surface area contributed by atoms with Gasteiger partial charge in [-0.2, -0.15) is 0 Å². The number of carbonyl (C=O) groups is 1. The number of primary amides is 1. The molecule has 3 N–H and O–H groups in total. The Morgan fingerprint density at radius 1 is 1.73 bits per heavy atom. The second-order valence-corrected chi connectivity index (χ2v) is 3.65. The van der Waals surface area contributed by atoms with Crippen LogP contribution in [-0.2, 0) is 4.79 Å². The Labute approximate surface area is 84.8 Å². The van der Waals surface area contributed by atoms with Crippen LogP contribution in [0.4, 0.5) is 5.82 Å². The summed E-state index contributed by atoms with van der Waals surface area (Å²) in [4.78, 5) is 21.0. The second kappa shape index (κ2) is 3.34. The average molecular weight is 210 g/mol. The summed E-state index contributed by atoms with van der Waals surface area (Å²) in [5.41, 5.74) is 5.60. The number of nitrogens with zero attached hydrogens (tertiary/aromatic N) is 2. The third kappa shape index (κ3) is 1.80. The minimum absolute atomic E-state index is 0.199. The summed E-state index contributed by atoms with van der Waals surface area (Å²) in [5, 5.41) is 16.4. The molecule has 1 saturated carbocycles. The van der Waals surface area contributed by atoms with Crippen molar-refractivity contribution in [3.05, 3.63) is 21.9 Å². The highest BCUT2D eigenvalue weighted by Gasteiger charge is 2.38. The fraction of sp³-hybridized carbons (Fsp3) is 0.500. The monoisotopic (exact) mass is 210 g/mol. The van der Waals surface area contributed by atoms with Gasteiger partial charge >= 0.3 is 5.82 Å². The molecule has 1 atom stereocenters. The third-order valence-electron chi connectivity index (χ3n) is 2.50. The van der Waals surface area contributed by atoms with Crippen LogP contribution in [0.5, 0.6) is 0 Å². The Balaban J connectivity index is 2.25. The van der Waals surface area contributed by atoms with Crippen molar-refractivity contribution in [1.82, 2.24) is 10.2 Å². The van der Waals surface area contributed by atoms with E-state index in [0.29, 0.717) is 5.69 Å². The van der Waals surface area contributed by atoms with E-state index in [1.807, 2.05) is 0 Å². The van der Waals surface area contributed by atoms with Crippen molar-refractivity contribution in [3.63, 3.8) is 0 Å². The van der Waals surface area contributed by atoms with E-state index in [4.69, 9.17) is 5.73 Å². The molecular formula is C8H10N4O3. The quantitative estimate of drug-likeness (QED) is 0.549. The lowest BCUT2D eigenvalue weighted by Crippen LogP contribution is -2.23. The zero-order chi connectivity index (χ0) is 11.0. The van der Waals surface area contributed by atoms with E-state index in [0.717, 1.165) is 12.8 Å². The van der Waals surface area contributed by atoms with Gasteiger partial charge in [0.05, 0.1) is 12.0 Å². The van der Waals surface area contributed by atoms with Crippen LogP contribution >= 0.6 is 0 Å². The Morgan fingerprint density at radius 3 is 2.80 bits per heavy atom. The van der Waals surface area contributed by atoms with Gasteiger partial charge in [-0.3, -0.25) is 4.79 Å². The highest BCUT2D eigenvalue weighted by molar-refractivity contribution is 5.82. The lowest BCUT2D eigenvalue weighted by molar-refractivity contribution is -0.389. The smallest absolute Gasteiger partial charge is 0.342 e. The number of hydrogen-bond donors (Lipinski definition) is 2. The number of nitro groups is 1. The fourth-order valence-corrected chi connectivity index (χ4v) is 1.63. The molecule has 15 heavy (non-hydrogen) atoms. The van der Waals surface area contributed by atoms with Crippen LogP contribution in [-0.4, -0.2) is 21.0 Å². The topological polar surface area (TPSA) is 115 Å². The number of hydrogen-bond acceptors (Lipinski definition) is 4. The molecule has 0 radical (unpaired) electrons. The molecule has 7 heteroatoms. The van der Waals surface area contributed by atoms with E-state index in [2.05, 4.69) is 10.2 Å². The zero-order valence-corrected chi connectivity index (χ0v) is 7.84. The van der Waals surface area contributed by atoms with Gasteiger partial charge in [-0.15, -0.1) is 5.10 Å². The molecule has 2 rings (SSSR count). The molecule has 0 aromatic carbocycles. The van der Waals surface area contributed by atoms with Crippen molar-refractivity contribution in [2.45, 2.75) is 18.8 Å². The normalized spacial score (nSPS) is 17.3. The van der Waals surface area contributed by atoms with Gasteiger partial charge in [0, 0.05) is 0 Å². The third-order valence-corrected chi connectivity index (χ3v) is 2.50. The number of nitrogens with two attached hydrogens (primary N) is 1. The lowest BCUT2D eigenvalue weighted by atomic mass is 9.99. The SMILES string of the molecule is NC(=O)C(c1cc([N+](=O)[O-])[nH]n1)C1CC1. The van der Waals surface area contributed by atoms with Gasteiger partial charge in [-0.25, -0.2) is 0 Å². The largest absolute Gasteiger partial charge is 0.369 e. The van der Waals surface area contributed by atoms with Crippen LogP contribution in [0.15, 0.2) is 6.07 Å². The maximum absolute atomic E-state index is 11.2. The van der Waals surface area contributed by atoms with Crippen LogP contribution in [0.25, 0.3) is 0 Å². The minimum Gasteiger partial charge on any atom is -0.369 e. The fourth-order valence-electron chi connectivity index (χ4n) is 1.63. The minimum atomic E-state index is -0.582. The van der Waals surface area contributed by atoms with Gasteiger partial charge in [0.1, 0.15) is 5.69 Å². The van der Waals surface area contributed by atoms with Gasteiger partial charge in [-0.05, 0) is 23.7 Å². The van der Waals surface area contributed by atoms with Crippen molar-refractivity contribution in [1.29, 1.82) is 0 Å². The Bertz CT molecular complexity index is 410. The van der Waals surface area contributed by atoms with Gasteiger partial charge < -0.3 is 15.8 Å². The first-order valence-electron chi connectivity index (χ1n) is 4.58. The number of nitrogens with one attached hydrogen (secondary N) is 1. The maximum atomic E-state index is 11.2.